The summed E-state index contributed by atoms with van der Waals surface area (Å²) in [6.07, 6.45) is 6.09. The molecule has 0 spiro atoms. The highest BCUT2D eigenvalue weighted by Gasteiger charge is 2.35. The third-order valence-corrected chi connectivity index (χ3v) is 4.33. The van der Waals surface area contributed by atoms with Crippen molar-refractivity contribution in [3.05, 3.63) is 0 Å². The molecule has 3 N–H and O–H groups in total. The Balaban J connectivity index is 2.29. The molecule has 0 unspecified atom stereocenters. The van der Waals surface area contributed by atoms with Gasteiger partial charge in [0.15, 0.2) is 5.96 Å². The summed E-state index contributed by atoms with van der Waals surface area (Å²) in [6.45, 7) is 6.10. The molecule has 0 bridgehead atoms. The second-order valence-corrected chi connectivity index (χ2v) is 5.99. The summed E-state index contributed by atoms with van der Waals surface area (Å²) < 4.78 is 0.393. The topological polar surface area (TPSA) is 50.4 Å². The van der Waals surface area contributed by atoms with Gasteiger partial charge in [0.05, 0.1) is 6.54 Å². The Kier molecular flexibility index (Phi) is 4.77. The zero-order chi connectivity index (χ0) is 11.3. The van der Waals surface area contributed by atoms with Crippen LogP contribution < -0.4 is 11.1 Å². The number of aliphatic imine (C=N–C) groups is 1. The standard InChI is InChI=1S/C11H23N3S/c1-9(2)7-13-10(12)14-8-11(15-3)5-4-6-11/h9H,4-8H2,1-3H3,(H3,12,13,14). The SMILES string of the molecule is CSC1(CN=C(N)NCC(C)C)CCC1. The first kappa shape index (κ1) is 12.7. The van der Waals surface area contributed by atoms with Crippen molar-refractivity contribution >= 4 is 17.7 Å². The summed E-state index contributed by atoms with van der Waals surface area (Å²) in [5.74, 6) is 1.21. The number of thioether (sulfide) groups is 1. The van der Waals surface area contributed by atoms with Crippen molar-refractivity contribution in [2.45, 2.75) is 37.9 Å². The van der Waals surface area contributed by atoms with Crippen LogP contribution in [0, 0.1) is 5.92 Å². The predicted octanol–water partition coefficient (Wildman–Crippen LogP) is 1.83. The number of nitrogens with two attached hydrogens (primary N) is 1. The molecular weight excluding hydrogens is 206 g/mol. The number of nitrogens with zero attached hydrogens (tertiary/aromatic N) is 1. The minimum atomic E-state index is 0.393. The number of hydrogen-bond acceptors (Lipinski definition) is 2. The van der Waals surface area contributed by atoms with E-state index in [2.05, 4.69) is 30.4 Å². The largest absolute Gasteiger partial charge is 0.370 e. The molecule has 0 amide bonds. The average molecular weight is 229 g/mol. The summed E-state index contributed by atoms with van der Waals surface area (Å²) in [6, 6.07) is 0. The molecule has 4 heteroatoms. The Bertz CT molecular complexity index is 216. The molecule has 0 saturated heterocycles. The normalized spacial score (nSPS) is 20.1. The molecule has 1 fully saturated rings. The predicted molar refractivity (Wildman–Crippen MR) is 69.4 cm³/mol. The van der Waals surface area contributed by atoms with Crippen LogP contribution in [-0.4, -0.2) is 30.1 Å². The van der Waals surface area contributed by atoms with Gasteiger partial charge in [0.1, 0.15) is 0 Å². The maximum Gasteiger partial charge on any atom is 0.188 e. The molecule has 0 radical (unpaired) electrons. The van der Waals surface area contributed by atoms with Gasteiger partial charge in [-0.05, 0) is 25.0 Å². The molecule has 3 nitrogen and oxygen atoms in total. The van der Waals surface area contributed by atoms with E-state index in [9.17, 15) is 0 Å². The third-order valence-electron chi connectivity index (χ3n) is 2.93. The van der Waals surface area contributed by atoms with Crippen LogP contribution in [0.2, 0.25) is 0 Å². The molecule has 88 valence electrons. The number of rotatable bonds is 5. The van der Waals surface area contributed by atoms with E-state index in [1.165, 1.54) is 19.3 Å². The Morgan fingerprint density at radius 3 is 2.60 bits per heavy atom. The smallest absolute Gasteiger partial charge is 0.188 e. The molecule has 0 aliphatic heterocycles. The Hall–Kier alpha value is -0.380. The van der Waals surface area contributed by atoms with Gasteiger partial charge < -0.3 is 11.1 Å². The molecule has 15 heavy (non-hydrogen) atoms. The minimum Gasteiger partial charge on any atom is -0.370 e. The molecular formula is C11H23N3S. The highest BCUT2D eigenvalue weighted by atomic mass is 32.2. The second kappa shape index (κ2) is 5.64. The number of hydrogen-bond donors (Lipinski definition) is 2. The minimum absolute atomic E-state index is 0.393. The van der Waals surface area contributed by atoms with Gasteiger partial charge in [-0.25, -0.2) is 0 Å². The van der Waals surface area contributed by atoms with Crippen molar-refractivity contribution < 1.29 is 0 Å². The van der Waals surface area contributed by atoms with Crippen molar-refractivity contribution in [3.63, 3.8) is 0 Å². The number of guanidine groups is 1. The van der Waals surface area contributed by atoms with E-state index < -0.39 is 0 Å². The summed E-state index contributed by atoms with van der Waals surface area (Å²) >= 11 is 1.93. The lowest BCUT2D eigenvalue weighted by atomic mass is 9.84. The van der Waals surface area contributed by atoms with E-state index in [0.29, 0.717) is 16.6 Å². The number of nitrogens with one attached hydrogen (secondary N) is 1. The van der Waals surface area contributed by atoms with E-state index in [4.69, 9.17) is 5.73 Å². The van der Waals surface area contributed by atoms with Gasteiger partial charge in [0.2, 0.25) is 0 Å². The second-order valence-electron chi connectivity index (χ2n) is 4.72. The zero-order valence-corrected chi connectivity index (χ0v) is 10.9. The van der Waals surface area contributed by atoms with Crippen molar-refractivity contribution in [1.82, 2.24) is 5.32 Å². The maximum absolute atomic E-state index is 5.79. The summed E-state index contributed by atoms with van der Waals surface area (Å²) in [5, 5.41) is 3.15. The fourth-order valence-corrected chi connectivity index (χ4v) is 2.48. The van der Waals surface area contributed by atoms with Crippen molar-refractivity contribution in [3.8, 4) is 0 Å². The first-order valence-corrected chi connectivity index (χ1v) is 6.89. The van der Waals surface area contributed by atoms with Crippen molar-refractivity contribution in [2.75, 3.05) is 19.3 Å². The molecule has 1 aliphatic carbocycles. The van der Waals surface area contributed by atoms with Gasteiger partial charge in [0.25, 0.3) is 0 Å². The van der Waals surface area contributed by atoms with Crippen LogP contribution in [0.1, 0.15) is 33.1 Å². The van der Waals surface area contributed by atoms with Crippen molar-refractivity contribution in [1.29, 1.82) is 0 Å². The fraction of sp³-hybridized carbons (Fsp3) is 0.909. The molecule has 0 atom stereocenters. The highest BCUT2D eigenvalue weighted by Crippen LogP contribution is 2.42. The molecule has 0 aromatic carbocycles. The average Bonchev–Trinajstić information content (AvgIpc) is 2.14. The molecule has 0 aromatic heterocycles. The van der Waals surface area contributed by atoms with Crippen LogP contribution in [0.15, 0.2) is 4.99 Å². The lowest BCUT2D eigenvalue weighted by Crippen LogP contribution is -2.40. The van der Waals surface area contributed by atoms with E-state index >= 15 is 0 Å². The monoisotopic (exact) mass is 229 g/mol. The summed E-state index contributed by atoms with van der Waals surface area (Å²) in [4.78, 5) is 4.42. The first-order chi connectivity index (χ1) is 7.08. The van der Waals surface area contributed by atoms with Crippen LogP contribution in [0.5, 0.6) is 0 Å². The van der Waals surface area contributed by atoms with Crippen LogP contribution >= 0.6 is 11.8 Å². The van der Waals surface area contributed by atoms with Gasteiger partial charge in [-0.15, -0.1) is 0 Å². The first-order valence-electron chi connectivity index (χ1n) is 5.67. The lowest BCUT2D eigenvalue weighted by molar-refractivity contribution is 0.372. The molecule has 0 heterocycles. The zero-order valence-electron chi connectivity index (χ0n) is 10.0. The van der Waals surface area contributed by atoms with Gasteiger partial charge >= 0.3 is 0 Å². The third kappa shape index (κ3) is 3.93. The van der Waals surface area contributed by atoms with Crippen molar-refractivity contribution in [2.24, 2.45) is 16.6 Å². The molecule has 1 rings (SSSR count). The van der Waals surface area contributed by atoms with Crippen LogP contribution in [0.25, 0.3) is 0 Å². The summed E-state index contributed by atoms with van der Waals surface area (Å²) in [7, 11) is 0. The van der Waals surface area contributed by atoms with Crippen LogP contribution in [0.3, 0.4) is 0 Å². The quantitative estimate of drug-likeness (QED) is 0.558. The van der Waals surface area contributed by atoms with Gasteiger partial charge in [-0.1, -0.05) is 20.3 Å². The van der Waals surface area contributed by atoms with Gasteiger partial charge in [-0.3, -0.25) is 4.99 Å². The van der Waals surface area contributed by atoms with Crippen LogP contribution in [-0.2, 0) is 0 Å². The Morgan fingerprint density at radius 1 is 1.53 bits per heavy atom. The molecule has 0 aromatic rings. The van der Waals surface area contributed by atoms with Gasteiger partial charge in [-0.2, -0.15) is 11.8 Å². The molecule has 1 aliphatic rings. The van der Waals surface area contributed by atoms with E-state index in [0.717, 1.165) is 13.1 Å². The van der Waals surface area contributed by atoms with E-state index in [-0.39, 0.29) is 0 Å². The fourth-order valence-electron chi connectivity index (χ4n) is 1.59. The maximum atomic E-state index is 5.79. The van der Waals surface area contributed by atoms with E-state index in [1.54, 1.807) is 0 Å². The summed E-state index contributed by atoms with van der Waals surface area (Å²) in [5.41, 5.74) is 5.79. The molecule has 1 saturated carbocycles. The lowest BCUT2D eigenvalue weighted by Gasteiger charge is -2.39. The Labute approximate surface area is 97.3 Å². The van der Waals surface area contributed by atoms with Crippen LogP contribution in [0.4, 0.5) is 0 Å². The van der Waals surface area contributed by atoms with Gasteiger partial charge in [0, 0.05) is 11.3 Å². The highest BCUT2D eigenvalue weighted by molar-refractivity contribution is 8.00. The Morgan fingerprint density at radius 2 is 2.20 bits per heavy atom. The van der Waals surface area contributed by atoms with E-state index in [1.807, 2.05) is 11.8 Å².